The van der Waals surface area contributed by atoms with Crippen molar-refractivity contribution in [3.8, 4) is 0 Å². The largest absolute Gasteiger partial charge is 0.384 e. The molecule has 2 aromatic rings. The van der Waals surface area contributed by atoms with Gasteiger partial charge in [-0.25, -0.2) is 9.37 Å². The number of nitrogens with one attached hydrogen (secondary N) is 1. The number of nitrogens with zero attached hydrogens (tertiary/aromatic N) is 1. The Hall–Kier alpha value is -1.39. The molecule has 1 aromatic heterocycles. The lowest BCUT2D eigenvalue weighted by Gasteiger charge is -2.12. The number of benzene rings is 1. The van der Waals surface area contributed by atoms with Crippen LogP contribution in [0, 0.1) is 5.82 Å². The lowest BCUT2D eigenvalue weighted by atomic mass is 10.1. The van der Waals surface area contributed by atoms with Crippen molar-refractivity contribution >= 4 is 28.2 Å². The molecule has 0 unspecified atom stereocenters. The molecule has 3 nitrogen and oxygen atoms in total. The van der Waals surface area contributed by atoms with Crippen LogP contribution in [0.5, 0.6) is 0 Å². The molecule has 0 radical (unpaired) electrons. The van der Waals surface area contributed by atoms with E-state index in [9.17, 15) is 4.39 Å². The van der Waals surface area contributed by atoms with E-state index >= 15 is 0 Å². The first-order valence-electron chi connectivity index (χ1n) is 6.17. The number of halogens is 2. The van der Waals surface area contributed by atoms with Gasteiger partial charge in [0.1, 0.15) is 5.52 Å². The van der Waals surface area contributed by atoms with Gasteiger partial charge in [0.2, 0.25) is 0 Å². The summed E-state index contributed by atoms with van der Waals surface area (Å²) in [5, 5.41) is 4.33. The van der Waals surface area contributed by atoms with Gasteiger partial charge in [0, 0.05) is 29.8 Å². The average Bonchev–Trinajstić information content (AvgIpc) is 2.37. The molecule has 0 bridgehead atoms. The normalized spacial score (nSPS) is 10.9. The second-order valence-corrected chi connectivity index (χ2v) is 4.74. The number of hydrogen-bond donors (Lipinski definition) is 1. The molecular weight excluding hydrogens is 267 g/mol. The lowest BCUT2D eigenvalue weighted by molar-refractivity contribution is 0.182. The molecule has 0 spiro atoms. The molecule has 0 atom stereocenters. The summed E-state index contributed by atoms with van der Waals surface area (Å²) in [6.45, 7) is 3.22. The van der Waals surface area contributed by atoms with E-state index in [4.69, 9.17) is 16.3 Å². The molecule has 102 valence electrons. The Morgan fingerprint density at radius 2 is 2.16 bits per heavy atom. The molecule has 1 aromatic carbocycles. The fourth-order valence-electron chi connectivity index (χ4n) is 1.93. The predicted octanol–water partition coefficient (Wildman–Crippen LogP) is 4.00. The first kappa shape index (κ1) is 14.0. The summed E-state index contributed by atoms with van der Waals surface area (Å²) in [4.78, 5) is 4.28. The minimum absolute atomic E-state index is 0.317. The van der Waals surface area contributed by atoms with Crippen molar-refractivity contribution < 1.29 is 9.13 Å². The van der Waals surface area contributed by atoms with E-state index < -0.39 is 5.82 Å². The minimum atomic E-state index is -0.417. The summed E-state index contributed by atoms with van der Waals surface area (Å²) in [6.07, 6.45) is 0.979. The van der Waals surface area contributed by atoms with Gasteiger partial charge < -0.3 is 10.1 Å². The Bertz CT molecular complexity index is 589. The number of fused-ring (bicyclic) bond motifs is 1. The zero-order chi connectivity index (χ0) is 13.8. The molecule has 0 saturated heterocycles. The molecule has 1 heterocycles. The Morgan fingerprint density at radius 1 is 1.37 bits per heavy atom. The number of ether oxygens (including phenoxy) is 1. The lowest BCUT2D eigenvalue weighted by Crippen LogP contribution is -2.04. The van der Waals surface area contributed by atoms with Crippen LogP contribution in [-0.2, 0) is 11.3 Å². The van der Waals surface area contributed by atoms with Gasteiger partial charge in [-0.1, -0.05) is 18.5 Å². The minimum Gasteiger partial charge on any atom is -0.384 e. The monoisotopic (exact) mass is 282 g/mol. The van der Waals surface area contributed by atoms with Crippen molar-refractivity contribution in [2.45, 2.75) is 20.0 Å². The van der Waals surface area contributed by atoms with Crippen LogP contribution in [-0.4, -0.2) is 18.6 Å². The molecule has 0 fully saturated rings. The highest BCUT2D eigenvalue weighted by Crippen LogP contribution is 2.28. The zero-order valence-electron chi connectivity index (χ0n) is 11.0. The Labute approximate surface area is 116 Å². The van der Waals surface area contributed by atoms with Crippen molar-refractivity contribution in [1.82, 2.24) is 4.98 Å². The highest BCUT2D eigenvalue weighted by Gasteiger charge is 2.11. The maximum Gasteiger partial charge on any atom is 0.150 e. The molecule has 1 N–H and O–H groups in total. The second kappa shape index (κ2) is 6.17. The van der Waals surface area contributed by atoms with Gasteiger partial charge in [-0.3, -0.25) is 0 Å². The van der Waals surface area contributed by atoms with Gasteiger partial charge in [0.25, 0.3) is 0 Å². The molecule has 0 amide bonds. The zero-order valence-corrected chi connectivity index (χ0v) is 11.7. The van der Waals surface area contributed by atoms with Crippen LogP contribution in [0.15, 0.2) is 18.2 Å². The highest BCUT2D eigenvalue weighted by molar-refractivity contribution is 6.31. The van der Waals surface area contributed by atoms with Crippen LogP contribution in [0.3, 0.4) is 0 Å². The number of methoxy groups -OCH3 is 1. The molecule has 19 heavy (non-hydrogen) atoms. The van der Waals surface area contributed by atoms with E-state index in [0.717, 1.165) is 18.7 Å². The fraction of sp³-hybridized carbons (Fsp3) is 0.357. The summed E-state index contributed by atoms with van der Waals surface area (Å²) in [5.41, 5.74) is 1.84. The first-order chi connectivity index (χ1) is 9.15. The van der Waals surface area contributed by atoms with E-state index in [-0.39, 0.29) is 0 Å². The topological polar surface area (TPSA) is 34.1 Å². The first-order valence-corrected chi connectivity index (χ1v) is 6.55. The number of aromatic nitrogens is 1. The third-order valence-corrected chi connectivity index (χ3v) is 2.96. The van der Waals surface area contributed by atoms with Crippen LogP contribution in [0.1, 0.15) is 19.0 Å². The van der Waals surface area contributed by atoms with E-state index in [0.29, 0.717) is 28.2 Å². The third-order valence-electron chi connectivity index (χ3n) is 2.74. The van der Waals surface area contributed by atoms with Gasteiger partial charge in [-0.15, -0.1) is 0 Å². The van der Waals surface area contributed by atoms with Crippen molar-refractivity contribution in [3.05, 3.63) is 34.7 Å². The summed E-state index contributed by atoms with van der Waals surface area (Å²) in [7, 11) is 1.59. The van der Waals surface area contributed by atoms with Crippen molar-refractivity contribution in [2.24, 2.45) is 0 Å². The Morgan fingerprint density at radius 3 is 2.84 bits per heavy atom. The predicted molar refractivity (Wildman–Crippen MR) is 76.2 cm³/mol. The molecule has 5 heteroatoms. The molecule has 0 saturated carbocycles. The summed E-state index contributed by atoms with van der Waals surface area (Å²) >= 11 is 5.91. The van der Waals surface area contributed by atoms with Gasteiger partial charge in [0.15, 0.2) is 5.82 Å². The maximum atomic E-state index is 14.0. The molecule has 0 aliphatic carbocycles. The van der Waals surface area contributed by atoms with Gasteiger partial charge in [0.05, 0.1) is 12.3 Å². The third kappa shape index (κ3) is 3.14. The molecular formula is C14H16ClFN2O. The molecule has 0 aliphatic heterocycles. The highest BCUT2D eigenvalue weighted by atomic mass is 35.5. The van der Waals surface area contributed by atoms with Crippen LogP contribution < -0.4 is 5.32 Å². The van der Waals surface area contributed by atoms with E-state index in [1.807, 2.05) is 6.07 Å². The summed E-state index contributed by atoms with van der Waals surface area (Å²) in [6, 6.07) is 4.87. The standard InChI is InChI=1S/C14H16ClFN2O/c1-3-4-17-13-7-10(8-19-2)18-14-11(13)5-9(15)6-12(14)16/h5-7H,3-4,8H2,1-2H3,(H,17,18). The average molecular weight is 283 g/mol. The van der Waals surface area contributed by atoms with Crippen LogP contribution in [0.4, 0.5) is 10.1 Å². The smallest absolute Gasteiger partial charge is 0.150 e. The Kier molecular flexibility index (Phi) is 4.56. The second-order valence-electron chi connectivity index (χ2n) is 4.30. The number of hydrogen-bond acceptors (Lipinski definition) is 3. The van der Waals surface area contributed by atoms with E-state index in [2.05, 4.69) is 17.2 Å². The van der Waals surface area contributed by atoms with E-state index in [1.54, 1.807) is 13.2 Å². The van der Waals surface area contributed by atoms with Crippen LogP contribution in [0.2, 0.25) is 5.02 Å². The SMILES string of the molecule is CCCNc1cc(COC)nc2c(F)cc(Cl)cc12. The van der Waals surface area contributed by atoms with Gasteiger partial charge >= 0.3 is 0 Å². The van der Waals surface area contributed by atoms with Crippen molar-refractivity contribution in [3.63, 3.8) is 0 Å². The van der Waals surface area contributed by atoms with Crippen LogP contribution >= 0.6 is 11.6 Å². The van der Waals surface area contributed by atoms with Crippen molar-refractivity contribution in [1.29, 1.82) is 0 Å². The molecule has 2 rings (SSSR count). The van der Waals surface area contributed by atoms with E-state index in [1.165, 1.54) is 6.07 Å². The van der Waals surface area contributed by atoms with Gasteiger partial charge in [-0.05, 0) is 24.6 Å². The van der Waals surface area contributed by atoms with Gasteiger partial charge in [-0.2, -0.15) is 0 Å². The number of rotatable bonds is 5. The number of pyridine rings is 1. The quantitative estimate of drug-likeness (QED) is 0.900. The Balaban J connectivity index is 2.60. The maximum absolute atomic E-state index is 14.0. The summed E-state index contributed by atoms with van der Waals surface area (Å²) < 4.78 is 19.0. The summed E-state index contributed by atoms with van der Waals surface area (Å²) in [5.74, 6) is -0.417. The molecule has 0 aliphatic rings. The van der Waals surface area contributed by atoms with Crippen LogP contribution in [0.25, 0.3) is 10.9 Å². The fourth-order valence-corrected chi connectivity index (χ4v) is 2.14. The number of anilines is 1. The van der Waals surface area contributed by atoms with Crippen molar-refractivity contribution in [2.75, 3.05) is 19.0 Å².